The largest absolute Gasteiger partial charge is 0.322 e. The van der Waals surface area contributed by atoms with Gasteiger partial charge in [-0.05, 0) is 67.6 Å². The molecule has 3 aliphatic heterocycles. The Morgan fingerprint density at radius 1 is 1.03 bits per heavy atom. The summed E-state index contributed by atoms with van der Waals surface area (Å²) in [7, 11) is 0. The minimum absolute atomic E-state index is 0.123. The lowest BCUT2D eigenvalue weighted by Gasteiger charge is -2.34. The van der Waals surface area contributed by atoms with Gasteiger partial charge in [0.15, 0.2) is 0 Å². The summed E-state index contributed by atoms with van der Waals surface area (Å²) >= 11 is 12.4. The van der Waals surface area contributed by atoms with Crippen molar-refractivity contribution in [3.8, 4) is 0 Å². The van der Waals surface area contributed by atoms with Crippen LogP contribution in [-0.4, -0.2) is 53.2 Å². The Labute approximate surface area is 239 Å². The lowest BCUT2D eigenvalue weighted by molar-refractivity contribution is -0.136. The van der Waals surface area contributed by atoms with Gasteiger partial charge in [-0.3, -0.25) is 19.7 Å². The summed E-state index contributed by atoms with van der Waals surface area (Å²) in [6, 6.07) is 10.7. The number of nitrogens with one attached hydrogen (secondary N) is 1. The Hall–Kier alpha value is -2.92. The van der Waals surface area contributed by atoms with Crippen molar-refractivity contribution in [3.05, 3.63) is 80.1 Å². The molecule has 204 valence electrons. The standard InChI is InChI=1S/C30H32Cl2N4O3/c1-33-30(21-16-22(31)18-23(32)17-21)11-14-35(15-12-30)13-4-2-3-6-20-7-5-8-24-25(20)19-36(29(24)39)26-9-10-27(37)34-28(26)38/h5,7-8,16-18,26H,2-4,6,9-15,19H2,(H,34,37,38). The van der Waals surface area contributed by atoms with Crippen molar-refractivity contribution in [1.82, 2.24) is 15.1 Å². The zero-order valence-electron chi connectivity index (χ0n) is 21.8. The predicted octanol–water partition coefficient (Wildman–Crippen LogP) is 5.38. The highest BCUT2D eigenvalue weighted by atomic mass is 35.5. The average Bonchev–Trinajstić information content (AvgIpc) is 3.25. The van der Waals surface area contributed by atoms with Crippen molar-refractivity contribution in [3.63, 3.8) is 0 Å². The number of piperidine rings is 2. The van der Waals surface area contributed by atoms with Crippen LogP contribution in [0.1, 0.15) is 72.0 Å². The van der Waals surface area contributed by atoms with Gasteiger partial charge in [0.05, 0.1) is 0 Å². The van der Waals surface area contributed by atoms with Gasteiger partial charge in [0.25, 0.3) is 11.4 Å². The number of hydrogen-bond donors (Lipinski definition) is 1. The smallest absolute Gasteiger partial charge is 0.260 e. The number of rotatable bonds is 8. The number of carbonyl (C=O) groups excluding carboxylic acids is 3. The van der Waals surface area contributed by atoms with E-state index in [1.807, 2.05) is 24.3 Å². The number of fused-ring (bicyclic) bond motifs is 1. The zero-order valence-corrected chi connectivity index (χ0v) is 23.4. The van der Waals surface area contributed by atoms with E-state index < -0.39 is 11.6 Å². The molecule has 3 aliphatic rings. The number of aryl methyl sites for hydroxylation is 1. The summed E-state index contributed by atoms with van der Waals surface area (Å²) in [6.45, 7) is 11.0. The minimum atomic E-state index is -0.586. The van der Waals surface area contributed by atoms with Crippen molar-refractivity contribution in [2.75, 3.05) is 19.6 Å². The fraction of sp³-hybridized carbons (Fsp3) is 0.467. The molecule has 1 atom stereocenters. The van der Waals surface area contributed by atoms with Crippen LogP contribution in [0.5, 0.6) is 0 Å². The number of amides is 3. The predicted molar refractivity (Wildman–Crippen MR) is 150 cm³/mol. The summed E-state index contributed by atoms with van der Waals surface area (Å²) in [5, 5.41) is 3.50. The van der Waals surface area contributed by atoms with Crippen LogP contribution in [0.2, 0.25) is 10.0 Å². The number of hydrogen-bond acceptors (Lipinski definition) is 4. The molecule has 2 aromatic rings. The maximum Gasteiger partial charge on any atom is 0.260 e. The number of benzene rings is 2. The van der Waals surface area contributed by atoms with Crippen LogP contribution >= 0.6 is 23.2 Å². The molecule has 0 aromatic heterocycles. The van der Waals surface area contributed by atoms with E-state index in [4.69, 9.17) is 29.8 Å². The Kier molecular flexibility index (Phi) is 8.27. The molecule has 0 radical (unpaired) electrons. The quantitative estimate of drug-likeness (QED) is 0.264. The first-order valence-corrected chi connectivity index (χ1v) is 14.4. The SMILES string of the molecule is [C-]#[N+]C1(c2cc(Cl)cc(Cl)c2)CCN(CCCCCc2cccc3c2CN(C2CCC(=O)NC2=O)C3=O)CC1. The number of unbranched alkanes of at least 4 members (excludes halogenated alkanes) is 2. The molecule has 1 N–H and O–H groups in total. The molecule has 2 fully saturated rings. The van der Waals surface area contributed by atoms with Gasteiger partial charge in [-0.25, -0.2) is 6.57 Å². The van der Waals surface area contributed by atoms with E-state index in [0.717, 1.165) is 74.8 Å². The third-order valence-corrected chi connectivity index (χ3v) is 8.83. The highest BCUT2D eigenvalue weighted by Crippen LogP contribution is 2.39. The van der Waals surface area contributed by atoms with Crippen LogP contribution in [-0.2, 0) is 28.1 Å². The maximum absolute atomic E-state index is 13.0. The fourth-order valence-electron chi connectivity index (χ4n) is 6.15. The topological polar surface area (TPSA) is 74.1 Å². The maximum atomic E-state index is 13.0. The molecule has 5 rings (SSSR count). The van der Waals surface area contributed by atoms with E-state index in [1.165, 1.54) is 0 Å². The second kappa shape index (κ2) is 11.7. The second-order valence-corrected chi connectivity index (χ2v) is 11.7. The van der Waals surface area contributed by atoms with Crippen LogP contribution in [0, 0.1) is 6.57 Å². The monoisotopic (exact) mass is 566 g/mol. The molecule has 39 heavy (non-hydrogen) atoms. The number of imide groups is 1. The van der Waals surface area contributed by atoms with Gasteiger partial charge >= 0.3 is 0 Å². The molecule has 3 heterocycles. The van der Waals surface area contributed by atoms with Gasteiger partial charge < -0.3 is 14.6 Å². The summed E-state index contributed by atoms with van der Waals surface area (Å²) in [4.78, 5) is 45.0. The van der Waals surface area contributed by atoms with Crippen LogP contribution in [0.3, 0.4) is 0 Å². The third-order valence-electron chi connectivity index (χ3n) is 8.40. The van der Waals surface area contributed by atoms with E-state index in [2.05, 4.69) is 21.1 Å². The lowest BCUT2D eigenvalue weighted by Crippen LogP contribution is -2.52. The van der Waals surface area contributed by atoms with Crippen molar-refractivity contribution >= 4 is 40.9 Å². The van der Waals surface area contributed by atoms with Gasteiger partial charge in [0.2, 0.25) is 11.8 Å². The average molecular weight is 568 g/mol. The molecule has 2 aromatic carbocycles. The van der Waals surface area contributed by atoms with Crippen LogP contribution in [0.4, 0.5) is 0 Å². The molecule has 1 unspecified atom stereocenters. The normalized spacial score (nSPS) is 21.0. The van der Waals surface area contributed by atoms with Crippen LogP contribution < -0.4 is 5.32 Å². The van der Waals surface area contributed by atoms with E-state index in [-0.39, 0.29) is 24.1 Å². The van der Waals surface area contributed by atoms with Gasteiger partial charge in [-0.15, -0.1) is 0 Å². The first kappa shape index (κ1) is 27.6. The molecular formula is C30H32Cl2N4O3. The summed E-state index contributed by atoms with van der Waals surface area (Å²) in [5.74, 6) is -0.777. The highest BCUT2D eigenvalue weighted by molar-refractivity contribution is 6.34. The summed E-state index contributed by atoms with van der Waals surface area (Å²) in [6.07, 6.45) is 6.21. The van der Waals surface area contributed by atoms with Crippen molar-refractivity contribution in [2.45, 2.75) is 69.5 Å². The van der Waals surface area contributed by atoms with Gasteiger partial charge in [0.1, 0.15) is 6.04 Å². The first-order valence-electron chi connectivity index (χ1n) is 13.6. The Morgan fingerprint density at radius 3 is 2.46 bits per heavy atom. The molecule has 0 aliphatic carbocycles. The molecule has 3 amide bonds. The number of carbonyl (C=O) groups is 3. The second-order valence-electron chi connectivity index (χ2n) is 10.8. The zero-order chi connectivity index (χ0) is 27.6. The minimum Gasteiger partial charge on any atom is -0.322 e. The highest BCUT2D eigenvalue weighted by Gasteiger charge is 2.43. The molecule has 0 spiro atoms. The molecule has 7 nitrogen and oxygen atoms in total. The molecule has 2 saturated heterocycles. The number of likely N-dealkylation sites (tertiary alicyclic amines) is 1. The van der Waals surface area contributed by atoms with Crippen molar-refractivity contribution in [1.29, 1.82) is 0 Å². The van der Waals surface area contributed by atoms with Crippen LogP contribution in [0.15, 0.2) is 36.4 Å². The van der Waals surface area contributed by atoms with Crippen molar-refractivity contribution in [2.24, 2.45) is 0 Å². The molecule has 0 bridgehead atoms. The molecule has 0 saturated carbocycles. The number of nitrogens with zero attached hydrogens (tertiary/aromatic N) is 3. The van der Waals surface area contributed by atoms with E-state index in [1.54, 1.807) is 11.0 Å². The van der Waals surface area contributed by atoms with Crippen LogP contribution in [0.25, 0.3) is 4.85 Å². The summed E-state index contributed by atoms with van der Waals surface area (Å²) in [5.41, 5.74) is 3.21. The van der Waals surface area contributed by atoms with E-state index in [9.17, 15) is 14.4 Å². The number of halogens is 2. The molecule has 9 heteroatoms. The van der Waals surface area contributed by atoms with Gasteiger partial charge in [-0.2, -0.15) is 0 Å². The van der Waals surface area contributed by atoms with E-state index >= 15 is 0 Å². The Bertz CT molecular complexity index is 1310. The third kappa shape index (κ3) is 5.84. The fourth-order valence-corrected chi connectivity index (χ4v) is 6.67. The lowest BCUT2D eigenvalue weighted by atomic mass is 9.81. The molecular weight excluding hydrogens is 535 g/mol. The Balaban J connectivity index is 1.10. The summed E-state index contributed by atoms with van der Waals surface area (Å²) < 4.78 is 0. The first-order chi connectivity index (χ1) is 18.8. The Morgan fingerprint density at radius 2 is 1.77 bits per heavy atom. The van der Waals surface area contributed by atoms with Gasteiger partial charge in [0, 0.05) is 60.1 Å². The van der Waals surface area contributed by atoms with Gasteiger partial charge in [-0.1, -0.05) is 41.8 Å². The van der Waals surface area contributed by atoms with Crippen molar-refractivity contribution < 1.29 is 14.4 Å². The van der Waals surface area contributed by atoms with E-state index in [0.29, 0.717) is 28.6 Å².